The van der Waals surface area contributed by atoms with E-state index in [-0.39, 0.29) is 24.3 Å². The third-order valence-electron chi connectivity index (χ3n) is 3.53. The molecule has 0 atom stereocenters. The Morgan fingerprint density at radius 1 is 1.38 bits per heavy atom. The zero-order chi connectivity index (χ0) is 19.3. The van der Waals surface area contributed by atoms with E-state index in [9.17, 15) is 23.2 Å². The van der Waals surface area contributed by atoms with Gasteiger partial charge in [0, 0.05) is 18.5 Å². The predicted octanol–water partition coefficient (Wildman–Crippen LogP) is 1.46. The molecule has 140 valence electrons. The fourth-order valence-electron chi connectivity index (χ4n) is 2.25. The molecule has 1 aliphatic rings. The van der Waals surface area contributed by atoms with Gasteiger partial charge in [0.25, 0.3) is 5.91 Å². The number of carbonyl (C=O) groups is 3. The number of nitrogens with zero attached hydrogens (tertiary/aromatic N) is 2. The first-order chi connectivity index (χ1) is 12.2. The Bertz CT molecular complexity index is 737. The number of carbonyl (C=O) groups excluding carboxylic acids is 3. The highest BCUT2D eigenvalue weighted by molar-refractivity contribution is 6.06. The molecule has 1 aliphatic heterocycles. The zero-order valence-electron chi connectivity index (χ0n) is 14.2. The molecular weight excluding hydrogens is 350 g/mol. The number of ether oxygens (including phenoxy) is 1. The van der Waals surface area contributed by atoms with E-state index in [0.717, 1.165) is 11.1 Å². The number of benzene rings is 1. The number of halogens is 2. The van der Waals surface area contributed by atoms with Crippen molar-refractivity contribution >= 4 is 24.1 Å². The predicted molar refractivity (Wildman–Crippen MR) is 87.8 cm³/mol. The highest BCUT2D eigenvalue weighted by atomic mass is 19.3. The average Bonchev–Trinajstić information content (AvgIpc) is 2.74. The Morgan fingerprint density at radius 2 is 2.08 bits per heavy atom. The second-order valence-electron chi connectivity index (χ2n) is 5.97. The van der Waals surface area contributed by atoms with Gasteiger partial charge in [0.1, 0.15) is 11.3 Å². The van der Waals surface area contributed by atoms with Crippen LogP contribution in [0, 0.1) is 0 Å². The highest BCUT2D eigenvalue weighted by Crippen LogP contribution is 2.18. The van der Waals surface area contributed by atoms with Crippen molar-refractivity contribution in [1.82, 2.24) is 15.6 Å². The van der Waals surface area contributed by atoms with E-state index in [2.05, 4.69) is 20.6 Å². The van der Waals surface area contributed by atoms with Gasteiger partial charge in [-0.05, 0) is 26.0 Å². The lowest BCUT2D eigenvalue weighted by Crippen LogP contribution is -2.40. The Morgan fingerprint density at radius 3 is 2.69 bits per heavy atom. The van der Waals surface area contributed by atoms with E-state index in [1.165, 1.54) is 18.2 Å². The topological polar surface area (TPSA) is 100 Å². The van der Waals surface area contributed by atoms with Crippen LogP contribution in [-0.4, -0.2) is 47.7 Å². The summed E-state index contributed by atoms with van der Waals surface area (Å²) in [4.78, 5) is 36.4. The lowest BCUT2D eigenvalue weighted by molar-refractivity contribution is -0.130. The maximum atomic E-state index is 12.3. The van der Waals surface area contributed by atoms with Gasteiger partial charge < -0.3 is 10.1 Å². The minimum atomic E-state index is -2.98. The van der Waals surface area contributed by atoms with E-state index < -0.39 is 30.0 Å². The molecule has 8 nitrogen and oxygen atoms in total. The summed E-state index contributed by atoms with van der Waals surface area (Å²) in [6, 6.07) is 5.39. The van der Waals surface area contributed by atoms with Gasteiger partial charge in [-0.25, -0.2) is 10.2 Å². The third-order valence-corrected chi connectivity index (χ3v) is 3.53. The monoisotopic (exact) mass is 368 g/mol. The first kappa shape index (κ1) is 19.3. The van der Waals surface area contributed by atoms with Crippen LogP contribution in [0.2, 0.25) is 0 Å². The van der Waals surface area contributed by atoms with Crippen molar-refractivity contribution in [3.63, 3.8) is 0 Å². The van der Waals surface area contributed by atoms with Crippen LogP contribution in [0.25, 0.3) is 0 Å². The highest BCUT2D eigenvalue weighted by Gasteiger charge is 2.43. The Labute approximate surface area is 148 Å². The zero-order valence-corrected chi connectivity index (χ0v) is 14.2. The van der Waals surface area contributed by atoms with Crippen molar-refractivity contribution < 1.29 is 27.9 Å². The second-order valence-corrected chi connectivity index (χ2v) is 5.97. The fraction of sp³-hybridized carbons (Fsp3) is 0.375. The molecule has 0 aliphatic carbocycles. The van der Waals surface area contributed by atoms with Gasteiger partial charge in [0.05, 0.1) is 6.21 Å². The lowest BCUT2D eigenvalue weighted by atomic mass is 10.1. The van der Waals surface area contributed by atoms with Crippen LogP contribution >= 0.6 is 0 Å². The number of nitrogens with one attached hydrogen (secondary N) is 2. The number of hydrazone groups is 1. The first-order valence-corrected chi connectivity index (χ1v) is 7.70. The fourth-order valence-corrected chi connectivity index (χ4v) is 2.25. The molecule has 4 amide bonds. The number of alkyl halides is 2. The molecule has 0 radical (unpaired) electrons. The summed E-state index contributed by atoms with van der Waals surface area (Å²) in [7, 11) is 0. The summed E-state index contributed by atoms with van der Waals surface area (Å²) in [6.07, 6.45) is 1.01. The van der Waals surface area contributed by atoms with Gasteiger partial charge in [-0.15, -0.1) is 0 Å². The summed E-state index contributed by atoms with van der Waals surface area (Å²) < 4.78 is 29.0. The molecule has 0 aromatic heterocycles. The molecule has 1 aromatic rings. The number of imide groups is 1. The maximum absolute atomic E-state index is 12.3. The molecule has 2 rings (SSSR count). The van der Waals surface area contributed by atoms with E-state index in [1.54, 1.807) is 19.9 Å². The van der Waals surface area contributed by atoms with Crippen molar-refractivity contribution in [3.8, 4) is 5.75 Å². The van der Waals surface area contributed by atoms with Crippen molar-refractivity contribution in [2.45, 2.75) is 32.4 Å². The summed E-state index contributed by atoms with van der Waals surface area (Å²) in [6.45, 7) is 0.0561. The number of hydrogen-bond donors (Lipinski definition) is 2. The molecule has 0 spiro atoms. The molecule has 2 N–H and O–H groups in total. The van der Waals surface area contributed by atoms with Crippen LogP contribution in [0.3, 0.4) is 0 Å². The third kappa shape index (κ3) is 4.74. The number of rotatable bonds is 7. The Balaban J connectivity index is 1.87. The average molecular weight is 368 g/mol. The van der Waals surface area contributed by atoms with Gasteiger partial charge in [-0.2, -0.15) is 13.9 Å². The van der Waals surface area contributed by atoms with Gasteiger partial charge in [-0.3, -0.25) is 14.5 Å². The molecule has 0 bridgehead atoms. The molecule has 10 heteroatoms. The summed E-state index contributed by atoms with van der Waals surface area (Å²) in [5.41, 5.74) is 1.46. The van der Waals surface area contributed by atoms with Crippen molar-refractivity contribution in [3.05, 3.63) is 29.8 Å². The van der Waals surface area contributed by atoms with Crippen molar-refractivity contribution in [2.24, 2.45) is 5.10 Å². The minimum absolute atomic E-state index is 0.0814. The number of para-hydroxylation sites is 1. The maximum Gasteiger partial charge on any atom is 0.387 e. The molecule has 1 heterocycles. The first-order valence-electron chi connectivity index (χ1n) is 7.70. The van der Waals surface area contributed by atoms with Gasteiger partial charge in [-0.1, -0.05) is 12.1 Å². The van der Waals surface area contributed by atoms with E-state index >= 15 is 0 Å². The summed E-state index contributed by atoms with van der Waals surface area (Å²) in [5, 5.41) is 6.17. The van der Waals surface area contributed by atoms with E-state index in [1.807, 2.05) is 0 Å². The summed E-state index contributed by atoms with van der Waals surface area (Å²) >= 11 is 0. The van der Waals surface area contributed by atoms with Gasteiger partial charge >= 0.3 is 12.6 Å². The lowest BCUT2D eigenvalue weighted by Gasteiger charge is -2.15. The van der Waals surface area contributed by atoms with Crippen LogP contribution < -0.4 is 15.5 Å². The molecule has 0 unspecified atom stereocenters. The van der Waals surface area contributed by atoms with Crippen LogP contribution in [0.5, 0.6) is 5.75 Å². The Kier molecular flexibility index (Phi) is 5.86. The van der Waals surface area contributed by atoms with Crippen molar-refractivity contribution in [2.75, 3.05) is 6.54 Å². The molecule has 0 saturated carbocycles. The molecule has 26 heavy (non-hydrogen) atoms. The number of hydrogen-bond acceptors (Lipinski definition) is 5. The largest absolute Gasteiger partial charge is 0.434 e. The standard InChI is InChI=1S/C16H18F2N4O4/c1-16(2)13(24)22(15(25)20-16)8-7-12(23)21-19-9-10-5-3-4-6-11(10)26-14(17)18/h3-6,9,14H,7-8H2,1-2H3,(H,20,25)(H,21,23)/b19-9-. The minimum Gasteiger partial charge on any atom is -0.434 e. The molecule has 1 fully saturated rings. The smallest absolute Gasteiger partial charge is 0.387 e. The van der Waals surface area contributed by atoms with E-state index in [4.69, 9.17) is 0 Å². The SMILES string of the molecule is CC1(C)NC(=O)N(CCC(=O)N/N=C\c2ccccc2OC(F)F)C1=O. The quantitative estimate of drug-likeness (QED) is 0.432. The van der Waals surface area contributed by atoms with Crippen LogP contribution in [0.1, 0.15) is 25.8 Å². The van der Waals surface area contributed by atoms with E-state index in [0.29, 0.717) is 0 Å². The van der Waals surface area contributed by atoms with Crippen molar-refractivity contribution in [1.29, 1.82) is 0 Å². The van der Waals surface area contributed by atoms with Gasteiger partial charge in [0.15, 0.2) is 0 Å². The number of amides is 4. The number of urea groups is 1. The normalized spacial score (nSPS) is 16.3. The van der Waals surface area contributed by atoms with Gasteiger partial charge in [0.2, 0.25) is 5.91 Å². The molecule has 1 saturated heterocycles. The molecule has 1 aromatic carbocycles. The van der Waals surface area contributed by atoms with Crippen LogP contribution in [0.4, 0.5) is 13.6 Å². The molecular formula is C16H18F2N4O4. The summed E-state index contributed by atoms with van der Waals surface area (Å²) in [5.74, 6) is -1.04. The second kappa shape index (κ2) is 7.89. The van der Waals surface area contributed by atoms with Crippen LogP contribution in [0.15, 0.2) is 29.4 Å². The Hall–Kier alpha value is -3.04. The van der Waals surface area contributed by atoms with Crippen LogP contribution in [-0.2, 0) is 9.59 Å².